The van der Waals surface area contributed by atoms with Gasteiger partial charge in [-0.2, -0.15) is 0 Å². The first kappa shape index (κ1) is 12.9. The Balaban J connectivity index is 2.04. The quantitative estimate of drug-likeness (QED) is 0.848. The highest BCUT2D eigenvalue weighted by Gasteiger charge is 2.16. The molecule has 2 atom stereocenters. The molecule has 17 heavy (non-hydrogen) atoms. The molecule has 0 bridgehead atoms. The van der Waals surface area contributed by atoms with Crippen LogP contribution in [0.4, 0.5) is 0 Å². The van der Waals surface area contributed by atoms with Crippen molar-refractivity contribution in [2.24, 2.45) is 0 Å². The van der Waals surface area contributed by atoms with Crippen LogP contribution >= 0.6 is 27.3 Å². The summed E-state index contributed by atoms with van der Waals surface area (Å²) in [5, 5.41) is 5.71. The topological polar surface area (TPSA) is 25.2 Å². The van der Waals surface area contributed by atoms with E-state index in [1.54, 1.807) is 11.3 Å². The Morgan fingerprint density at radius 1 is 1.41 bits per heavy atom. The molecule has 1 N–H and O–H groups in total. The molecule has 0 amide bonds. The van der Waals surface area contributed by atoms with Gasteiger partial charge < -0.3 is 4.42 Å². The van der Waals surface area contributed by atoms with Crippen LogP contribution in [0.5, 0.6) is 0 Å². The molecule has 92 valence electrons. The lowest BCUT2D eigenvalue weighted by molar-refractivity contribution is 0.382. The predicted octanol–water partition coefficient (Wildman–Crippen LogP) is 4.91. The number of thiophene rings is 1. The average Bonchev–Trinajstić information content (AvgIpc) is 2.96. The first-order chi connectivity index (χ1) is 8.20. The van der Waals surface area contributed by atoms with Crippen molar-refractivity contribution < 1.29 is 4.42 Å². The van der Waals surface area contributed by atoms with Gasteiger partial charge >= 0.3 is 0 Å². The van der Waals surface area contributed by atoms with E-state index in [1.165, 1.54) is 4.88 Å². The molecule has 0 aliphatic carbocycles. The largest absolute Gasteiger partial charge is 0.453 e. The van der Waals surface area contributed by atoms with E-state index in [4.69, 9.17) is 4.42 Å². The minimum Gasteiger partial charge on any atom is -0.453 e. The second-order valence-corrected chi connectivity index (χ2v) is 5.77. The number of rotatable bonds is 5. The smallest absolute Gasteiger partial charge is 0.169 e. The number of furan rings is 1. The second-order valence-electron chi connectivity index (χ2n) is 4.01. The molecule has 0 radical (unpaired) electrons. The number of nitrogens with one attached hydrogen (secondary N) is 1. The van der Waals surface area contributed by atoms with Gasteiger partial charge in [0.2, 0.25) is 0 Å². The summed E-state index contributed by atoms with van der Waals surface area (Å²) in [6, 6.07) is 8.82. The third-order valence-corrected chi connectivity index (χ3v) is 4.18. The van der Waals surface area contributed by atoms with Gasteiger partial charge in [0.05, 0.1) is 6.04 Å². The van der Waals surface area contributed by atoms with Crippen molar-refractivity contribution >= 4 is 27.3 Å². The molecule has 4 heteroatoms. The molecule has 0 aromatic carbocycles. The Kier molecular flexibility index (Phi) is 4.42. The summed E-state index contributed by atoms with van der Waals surface area (Å²) in [5.41, 5.74) is 0. The lowest BCUT2D eigenvalue weighted by Crippen LogP contribution is -2.23. The molecular weight excluding hydrogens is 298 g/mol. The lowest BCUT2D eigenvalue weighted by Gasteiger charge is -2.19. The normalized spacial score (nSPS) is 14.8. The molecule has 0 saturated heterocycles. The molecule has 0 saturated carbocycles. The monoisotopic (exact) mass is 313 g/mol. The van der Waals surface area contributed by atoms with Gasteiger partial charge in [0.15, 0.2) is 4.67 Å². The third-order valence-electron chi connectivity index (χ3n) is 2.77. The van der Waals surface area contributed by atoms with Crippen molar-refractivity contribution in [1.29, 1.82) is 0 Å². The van der Waals surface area contributed by atoms with E-state index < -0.39 is 0 Å². The Morgan fingerprint density at radius 3 is 2.76 bits per heavy atom. The highest BCUT2D eigenvalue weighted by Crippen LogP contribution is 2.27. The molecule has 2 unspecified atom stereocenters. The highest BCUT2D eigenvalue weighted by atomic mass is 79.9. The number of hydrogen-bond donors (Lipinski definition) is 1. The third kappa shape index (κ3) is 3.21. The zero-order valence-electron chi connectivity index (χ0n) is 9.94. The van der Waals surface area contributed by atoms with Gasteiger partial charge in [-0.05, 0) is 52.9 Å². The van der Waals surface area contributed by atoms with E-state index in [1.807, 2.05) is 12.1 Å². The van der Waals surface area contributed by atoms with E-state index in [2.05, 4.69) is 52.6 Å². The maximum atomic E-state index is 5.57. The fourth-order valence-electron chi connectivity index (χ4n) is 1.84. The van der Waals surface area contributed by atoms with Crippen LogP contribution in [0, 0.1) is 0 Å². The van der Waals surface area contributed by atoms with Crippen molar-refractivity contribution in [3.05, 3.63) is 45.0 Å². The van der Waals surface area contributed by atoms with Crippen molar-refractivity contribution in [2.75, 3.05) is 0 Å². The van der Waals surface area contributed by atoms with Crippen LogP contribution in [0.2, 0.25) is 0 Å². The van der Waals surface area contributed by atoms with Crippen LogP contribution < -0.4 is 5.32 Å². The lowest BCUT2D eigenvalue weighted by atomic mass is 10.1. The fourth-order valence-corrected chi connectivity index (χ4v) is 3.03. The van der Waals surface area contributed by atoms with Crippen molar-refractivity contribution in [3.8, 4) is 0 Å². The molecule has 2 heterocycles. The zero-order chi connectivity index (χ0) is 12.3. The molecule has 2 rings (SSSR count). The van der Waals surface area contributed by atoms with E-state index in [9.17, 15) is 0 Å². The number of halogens is 1. The number of hydrogen-bond acceptors (Lipinski definition) is 3. The second kappa shape index (κ2) is 5.85. The van der Waals surface area contributed by atoms with Crippen LogP contribution in [-0.4, -0.2) is 0 Å². The van der Waals surface area contributed by atoms with Crippen LogP contribution in [0.3, 0.4) is 0 Å². The highest BCUT2D eigenvalue weighted by molar-refractivity contribution is 9.10. The molecule has 2 nitrogen and oxygen atoms in total. The maximum absolute atomic E-state index is 5.57. The van der Waals surface area contributed by atoms with Crippen molar-refractivity contribution in [1.82, 2.24) is 5.32 Å². The molecular formula is C13H16BrNOS. The first-order valence-electron chi connectivity index (χ1n) is 5.75. The first-order valence-corrected chi connectivity index (χ1v) is 7.42. The molecule has 0 spiro atoms. The Labute approximate surface area is 114 Å². The van der Waals surface area contributed by atoms with Gasteiger partial charge in [0, 0.05) is 10.9 Å². The molecule has 0 aliphatic heterocycles. The zero-order valence-corrected chi connectivity index (χ0v) is 12.3. The molecule has 0 aliphatic rings. The van der Waals surface area contributed by atoms with Gasteiger partial charge in [-0.25, -0.2) is 0 Å². The van der Waals surface area contributed by atoms with E-state index in [0.717, 1.165) is 16.9 Å². The van der Waals surface area contributed by atoms with Crippen LogP contribution in [-0.2, 0) is 0 Å². The van der Waals surface area contributed by atoms with Crippen molar-refractivity contribution in [2.45, 2.75) is 32.4 Å². The minimum absolute atomic E-state index is 0.216. The molecule has 0 fully saturated rings. The van der Waals surface area contributed by atoms with Gasteiger partial charge in [0.25, 0.3) is 0 Å². The van der Waals surface area contributed by atoms with Gasteiger partial charge in [0.1, 0.15) is 5.76 Å². The van der Waals surface area contributed by atoms with Gasteiger partial charge in [-0.3, -0.25) is 5.32 Å². The van der Waals surface area contributed by atoms with Crippen LogP contribution in [0.1, 0.15) is 43.0 Å². The summed E-state index contributed by atoms with van der Waals surface area (Å²) in [4.78, 5) is 1.38. The van der Waals surface area contributed by atoms with Crippen LogP contribution in [0.25, 0.3) is 0 Å². The Bertz CT molecular complexity index is 452. The average molecular weight is 314 g/mol. The maximum Gasteiger partial charge on any atom is 0.169 e. The van der Waals surface area contributed by atoms with E-state index in [0.29, 0.717) is 6.04 Å². The predicted molar refractivity (Wildman–Crippen MR) is 75.3 cm³/mol. The minimum atomic E-state index is 0.216. The fraction of sp³-hybridized carbons (Fsp3) is 0.385. The van der Waals surface area contributed by atoms with Gasteiger partial charge in [-0.1, -0.05) is 13.0 Å². The van der Waals surface area contributed by atoms with E-state index in [-0.39, 0.29) is 6.04 Å². The summed E-state index contributed by atoms with van der Waals surface area (Å²) >= 11 is 5.13. The standard InChI is InChI=1S/C13H16BrNOS/c1-3-10(12-5-4-8-17-12)15-9(2)11-6-7-13(14)16-11/h4-10,15H,3H2,1-2H3. The summed E-state index contributed by atoms with van der Waals surface area (Å²) in [5.74, 6) is 0.965. The van der Waals surface area contributed by atoms with Crippen LogP contribution in [0.15, 0.2) is 38.7 Å². The van der Waals surface area contributed by atoms with Gasteiger partial charge in [-0.15, -0.1) is 11.3 Å². The summed E-state index contributed by atoms with van der Waals surface area (Å²) < 4.78 is 6.35. The van der Waals surface area contributed by atoms with Crippen molar-refractivity contribution in [3.63, 3.8) is 0 Å². The Hall–Kier alpha value is -0.580. The Morgan fingerprint density at radius 2 is 2.24 bits per heavy atom. The van der Waals surface area contributed by atoms with E-state index >= 15 is 0 Å². The summed E-state index contributed by atoms with van der Waals surface area (Å²) in [6.07, 6.45) is 1.08. The SMILES string of the molecule is CCC(NC(C)c1ccc(Br)o1)c1cccs1. The molecule has 2 aromatic heterocycles. The summed E-state index contributed by atoms with van der Waals surface area (Å²) in [7, 11) is 0. The summed E-state index contributed by atoms with van der Waals surface area (Å²) in [6.45, 7) is 4.32. The molecule has 2 aromatic rings.